The Kier molecular flexibility index (Phi) is 10.3. The van der Waals surface area contributed by atoms with Gasteiger partial charge in [0.05, 0.1) is 18.8 Å². The highest BCUT2D eigenvalue weighted by Gasteiger charge is 2.29. The Bertz CT molecular complexity index is 842. The molecular weight excluding hydrogens is 430 g/mol. The van der Waals surface area contributed by atoms with E-state index in [0.29, 0.717) is 5.69 Å². The topological polar surface area (TPSA) is 260 Å². The normalized spacial score (nSPS) is 13.3. The number of carboxylic acid groups (broad SMARTS) is 2. The monoisotopic (exact) mass is 455 g/mol. The standard InChI is InChI=1S/C17H25N7O8/c18-9(4-13(26)27)15(30)24-11(3-8-5-20-7-22-8)17(32)23-10(1-2-12(19)25)16(31)21-6-14(28)29/h5,7,9-11H,1-4,6,18H2,(H2,19,25)(H,20,22)(H,21,31)(H,23,32)(H,24,30)(H,26,27)(H,28,29). The van der Waals surface area contributed by atoms with Gasteiger partial charge < -0.3 is 42.6 Å². The minimum Gasteiger partial charge on any atom is -0.481 e. The van der Waals surface area contributed by atoms with Crippen molar-refractivity contribution in [2.24, 2.45) is 11.5 Å². The average molecular weight is 455 g/mol. The van der Waals surface area contributed by atoms with E-state index in [4.69, 9.17) is 21.7 Å². The highest BCUT2D eigenvalue weighted by atomic mass is 16.4. The summed E-state index contributed by atoms with van der Waals surface area (Å²) >= 11 is 0. The van der Waals surface area contributed by atoms with Crippen LogP contribution in [0.4, 0.5) is 0 Å². The molecule has 0 aliphatic heterocycles. The second kappa shape index (κ2) is 12.6. The third kappa shape index (κ3) is 9.66. The summed E-state index contributed by atoms with van der Waals surface area (Å²) in [5.74, 6) is -6.06. The number of nitrogens with one attached hydrogen (secondary N) is 4. The molecule has 0 aliphatic rings. The number of imidazole rings is 1. The molecule has 0 fully saturated rings. The highest BCUT2D eigenvalue weighted by molar-refractivity contribution is 5.94. The molecule has 0 aromatic carbocycles. The molecule has 1 rings (SSSR count). The van der Waals surface area contributed by atoms with Gasteiger partial charge in [-0.05, 0) is 6.42 Å². The van der Waals surface area contributed by atoms with Crippen molar-refractivity contribution in [3.8, 4) is 0 Å². The number of aromatic amines is 1. The second-order valence-electron chi connectivity index (χ2n) is 6.72. The minimum absolute atomic E-state index is 0.114. The van der Waals surface area contributed by atoms with Crippen molar-refractivity contribution in [1.82, 2.24) is 25.9 Å². The van der Waals surface area contributed by atoms with Crippen LogP contribution in [0.5, 0.6) is 0 Å². The van der Waals surface area contributed by atoms with E-state index in [0.717, 1.165) is 0 Å². The number of nitrogens with two attached hydrogens (primary N) is 2. The Hall–Kier alpha value is -4.01. The number of H-pyrrole nitrogens is 1. The molecule has 1 aromatic rings. The van der Waals surface area contributed by atoms with Crippen molar-refractivity contribution in [1.29, 1.82) is 0 Å². The predicted molar refractivity (Wildman–Crippen MR) is 105 cm³/mol. The molecule has 15 nitrogen and oxygen atoms in total. The third-order valence-corrected chi connectivity index (χ3v) is 4.07. The lowest BCUT2D eigenvalue weighted by Crippen LogP contribution is -2.57. The van der Waals surface area contributed by atoms with Crippen LogP contribution < -0.4 is 27.4 Å². The molecule has 4 amide bonds. The fourth-order valence-electron chi connectivity index (χ4n) is 2.50. The van der Waals surface area contributed by atoms with Crippen LogP contribution in [0.3, 0.4) is 0 Å². The van der Waals surface area contributed by atoms with E-state index in [-0.39, 0.29) is 19.3 Å². The van der Waals surface area contributed by atoms with Crippen LogP contribution in [0.15, 0.2) is 12.5 Å². The summed E-state index contributed by atoms with van der Waals surface area (Å²) in [6.45, 7) is -0.722. The van der Waals surface area contributed by atoms with Crippen molar-refractivity contribution in [3.63, 3.8) is 0 Å². The number of amides is 4. The second-order valence-corrected chi connectivity index (χ2v) is 6.72. The van der Waals surface area contributed by atoms with Crippen molar-refractivity contribution >= 4 is 35.6 Å². The summed E-state index contributed by atoms with van der Waals surface area (Å²) in [5.41, 5.74) is 11.0. The summed E-state index contributed by atoms with van der Waals surface area (Å²) in [6.07, 6.45) is 1.41. The third-order valence-electron chi connectivity index (χ3n) is 4.07. The maximum absolute atomic E-state index is 12.8. The first-order valence-corrected chi connectivity index (χ1v) is 9.32. The maximum atomic E-state index is 12.8. The van der Waals surface area contributed by atoms with Gasteiger partial charge in [0.15, 0.2) is 0 Å². The molecule has 176 valence electrons. The molecule has 0 spiro atoms. The first-order chi connectivity index (χ1) is 15.0. The fourth-order valence-corrected chi connectivity index (χ4v) is 2.50. The number of primary amides is 1. The van der Waals surface area contributed by atoms with Crippen LogP contribution in [0.1, 0.15) is 25.0 Å². The van der Waals surface area contributed by atoms with Gasteiger partial charge in [0, 0.05) is 24.7 Å². The van der Waals surface area contributed by atoms with E-state index in [9.17, 15) is 28.8 Å². The first kappa shape index (κ1) is 26.0. The smallest absolute Gasteiger partial charge is 0.322 e. The summed E-state index contributed by atoms with van der Waals surface area (Å²) in [4.78, 5) is 76.4. The zero-order valence-corrected chi connectivity index (χ0v) is 16.9. The number of hydrogen-bond donors (Lipinski definition) is 8. The number of aliphatic carboxylic acids is 2. The summed E-state index contributed by atoms with van der Waals surface area (Å²) in [6, 6.07) is -4.07. The van der Waals surface area contributed by atoms with E-state index in [2.05, 4.69) is 25.9 Å². The Balaban J connectivity index is 2.97. The van der Waals surface area contributed by atoms with E-state index < -0.39 is 66.7 Å². The Labute approximate surface area is 181 Å². The summed E-state index contributed by atoms with van der Waals surface area (Å²) in [7, 11) is 0. The van der Waals surface area contributed by atoms with Gasteiger partial charge in [0.1, 0.15) is 18.6 Å². The van der Waals surface area contributed by atoms with Gasteiger partial charge in [-0.2, -0.15) is 0 Å². The van der Waals surface area contributed by atoms with E-state index in [1.165, 1.54) is 12.5 Å². The van der Waals surface area contributed by atoms with Gasteiger partial charge in [-0.15, -0.1) is 0 Å². The molecule has 10 N–H and O–H groups in total. The number of rotatable bonds is 14. The van der Waals surface area contributed by atoms with Crippen LogP contribution >= 0.6 is 0 Å². The molecule has 3 unspecified atom stereocenters. The largest absolute Gasteiger partial charge is 0.481 e. The molecule has 1 aromatic heterocycles. The predicted octanol–water partition coefficient (Wildman–Crippen LogP) is -3.81. The van der Waals surface area contributed by atoms with Gasteiger partial charge in [-0.3, -0.25) is 28.8 Å². The molecule has 1 heterocycles. The minimum atomic E-state index is -1.44. The molecule has 0 aliphatic carbocycles. The molecule has 0 radical (unpaired) electrons. The molecule has 0 saturated carbocycles. The van der Waals surface area contributed by atoms with E-state index in [1.807, 2.05) is 0 Å². The molecule has 3 atom stereocenters. The molecule has 0 saturated heterocycles. The molecule has 32 heavy (non-hydrogen) atoms. The van der Waals surface area contributed by atoms with Gasteiger partial charge in [-0.1, -0.05) is 0 Å². The van der Waals surface area contributed by atoms with Crippen LogP contribution in [0, 0.1) is 0 Å². The van der Waals surface area contributed by atoms with Crippen LogP contribution in [-0.2, 0) is 35.2 Å². The van der Waals surface area contributed by atoms with Crippen molar-refractivity contribution in [3.05, 3.63) is 18.2 Å². The van der Waals surface area contributed by atoms with Gasteiger partial charge in [-0.25, -0.2) is 4.98 Å². The molecular formula is C17H25N7O8. The zero-order valence-electron chi connectivity index (χ0n) is 16.9. The lowest BCUT2D eigenvalue weighted by molar-refractivity contribution is -0.140. The zero-order chi connectivity index (χ0) is 24.3. The van der Waals surface area contributed by atoms with Crippen molar-refractivity contribution in [2.75, 3.05) is 6.54 Å². The van der Waals surface area contributed by atoms with Crippen molar-refractivity contribution < 1.29 is 39.0 Å². The van der Waals surface area contributed by atoms with E-state index in [1.54, 1.807) is 0 Å². The van der Waals surface area contributed by atoms with Gasteiger partial charge in [0.25, 0.3) is 0 Å². The molecule has 0 bridgehead atoms. The lowest BCUT2D eigenvalue weighted by atomic mass is 10.1. The maximum Gasteiger partial charge on any atom is 0.322 e. The SMILES string of the molecule is NC(=O)CCC(NC(=O)C(Cc1cnc[nH]1)NC(=O)C(N)CC(=O)O)C(=O)NCC(=O)O. The first-order valence-electron chi connectivity index (χ1n) is 9.32. The van der Waals surface area contributed by atoms with Crippen molar-refractivity contribution in [2.45, 2.75) is 43.8 Å². The Morgan fingerprint density at radius 1 is 1.00 bits per heavy atom. The number of hydrogen-bond acceptors (Lipinski definition) is 8. The van der Waals surface area contributed by atoms with Crippen LogP contribution in [0.25, 0.3) is 0 Å². The Morgan fingerprint density at radius 3 is 2.19 bits per heavy atom. The highest BCUT2D eigenvalue weighted by Crippen LogP contribution is 2.04. The quantitative estimate of drug-likeness (QED) is 0.135. The number of carboxylic acids is 2. The summed E-state index contributed by atoms with van der Waals surface area (Å²) in [5, 5.41) is 24.2. The van der Waals surface area contributed by atoms with Gasteiger partial charge in [0.2, 0.25) is 23.6 Å². The lowest BCUT2D eigenvalue weighted by Gasteiger charge is -2.23. The number of nitrogens with zero attached hydrogens (tertiary/aromatic N) is 1. The van der Waals surface area contributed by atoms with Gasteiger partial charge >= 0.3 is 11.9 Å². The van der Waals surface area contributed by atoms with E-state index >= 15 is 0 Å². The van der Waals surface area contributed by atoms with Crippen LogP contribution in [-0.4, -0.2) is 80.4 Å². The van der Waals surface area contributed by atoms with Crippen LogP contribution in [0.2, 0.25) is 0 Å². The molecule has 15 heteroatoms. The average Bonchev–Trinajstić information content (AvgIpc) is 3.20. The number of carbonyl (C=O) groups excluding carboxylic acids is 4. The number of aromatic nitrogens is 2. The fraction of sp³-hybridized carbons (Fsp3) is 0.471. The summed E-state index contributed by atoms with van der Waals surface area (Å²) < 4.78 is 0. The number of carbonyl (C=O) groups is 6. The Morgan fingerprint density at radius 2 is 1.66 bits per heavy atom.